The summed E-state index contributed by atoms with van der Waals surface area (Å²) in [6.45, 7) is 0. The minimum atomic E-state index is -3.42. The topological polar surface area (TPSA) is 34.1 Å². The van der Waals surface area contributed by atoms with Gasteiger partial charge < -0.3 is 0 Å². The molecule has 94 valence electrons. The van der Waals surface area contributed by atoms with Gasteiger partial charge in [0.05, 0.1) is 4.90 Å². The van der Waals surface area contributed by atoms with E-state index in [-0.39, 0.29) is 6.42 Å². The van der Waals surface area contributed by atoms with Crippen LogP contribution in [0.2, 0.25) is 0 Å². The molecule has 3 heteroatoms. The Kier molecular flexibility index (Phi) is 3.58. The average molecular weight is 260 g/mol. The first-order chi connectivity index (χ1) is 8.62. The molecule has 18 heavy (non-hydrogen) atoms. The molecule has 2 rings (SSSR count). The van der Waals surface area contributed by atoms with E-state index in [9.17, 15) is 8.42 Å². The highest BCUT2D eigenvalue weighted by molar-refractivity contribution is 7.93. The summed E-state index contributed by atoms with van der Waals surface area (Å²) in [5, 5.41) is 0. The first kappa shape index (κ1) is 12.9. The summed E-state index contributed by atoms with van der Waals surface area (Å²) in [7, 11) is -3.42. The van der Waals surface area contributed by atoms with Crippen molar-refractivity contribution < 1.29 is 8.42 Å². The van der Waals surface area contributed by atoms with E-state index in [0.717, 1.165) is 12.8 Å². The average Bonchev–Trinajstić information content (AvgIpc) is 2.41. The Balaban J connectivity index is 2.53. The van der Waals surface area contributed by atoms with Crippen LogP contribution in [0.15, 0.2) is 47.4 Å². The molecule has 1 atom stereocenters. The molecule has 0 spiro atoms. The van der Waals surface area contributed by atoms with Gasteiger partial charge in [-0.1, -0.05) is 30.4 Å². The Morgan fingerprint density at radius 1 is 1.28 bits per heavy atom. The van der Waals surface area contributed by atoms with Crippen molar-refractivity contribution in [2.75, 3.05) is 0 Å². The third kappa shape index (κ3) is 2.09. The second-order valence-electron chi connectivity index (χ2n) is 4.56. The van der Waals surface area contributed by atoms with Crippen LogP contribution in [0.1, 0.15) is 25.7 Å². The fourth-order valence-corrected chi connectivity index (χ4v) is 4.32. The van der Waals surface area contributed by atoms with Crippen molar-refractivity contribution in [1.82, 2.24) is 0 Å². The van der Waals surface area contributed by atoms with Crippen LogP contribution in [0.4, 0.5) is 0 Å². The lowest BCUT2D eigenvalue weighted by molar-refractivity contribution is 0.516. The van der Waals surface area contributed by atoms with Crippen molar-refractivity contribution in [3.8, 4) is 12.3 Å². The number of allylic oxidation sites excluding steroid dienone is 1. The third-order valence-electron chi connectivity index (χ3n) is 3.38. The van der Waals surface area contributed by atoms with Gasteiger partial charge in [-0.25, -0.2) is 8.42 Å². The highest BCUT2D eigenvalue weighted by Crippen LogP contribution is 2.37. The highest BCUT2D eigenvalue weighted by Gasteiger charge is 2.42. The van der Waals surface area contributed by atoms with Gasteiger partial charge in [-0.15, -0.1) is 12.3 Å². The van der Waals surface area contributed by atoms with Gasteiger partial charge >= 0.3 is 0 Å². The van der Waals surface area contributed by atoms with E-state index < -0.39 is 14.6 Å². The third-order valence-corrected chi connectivity index (χ3v) is 5.83. The number of benzene rings is 1. The number of terminal acetylenes is 1. The molecule has 1 aromatic rings. The van der Waals surface area contributed by atoms with Crippen LogP contribution in [0.3, 0.4) is 0 Å². The fourth-order valence-electron chi connectivity index (χ4n) is 2.37. The first-order valence-electron chi connectivity index (χ1n) is 6.03. The van der Waals surface area contributed by atoms with Crippen LogP contribution >= 0.6 is 0 Å². The Morgan fingerprint density at radius 2 is 2.00 bits per heavy atom. The van der Waals surface area contributed by atoms with Crippen LogP contribution in [0.25, 0.3) is 0 Å². The van der Waals surface area contributed by atoms with Crippen molar-refractivity contribution in [3.63, 3.8) is 0 Å². The lowest BCUT2D eigenvalue weighted by Crippen LogP contribution is -2.37. The van der Waals surface area contributed by atoms with E-state index in [4.69, 9.17) is 6.42 Å². The number of hydrogen-bond acceptors (Lipinski definition) is 2. The molecule has 0 amide bonds. The predicted molar refractivity (Wildman–Crippen MR) is 72.8 cm³/mol. The normalized spacial score (nSPS) is 23.5. The summed E-state index contributed by atoms with van der Waals surface area (Å²) >= 11 is 0. The van der Waals surface area contributed by atoms with Crippen LogP contribution in [0.5, 0.6) is 0 Å². The number of rotatable bonds is 3. The monoisotopic (exact) mass is 260 g/mol. The maximum absolute atomic E-state index is 12.8. The zero-order valence-electron chi connectivity index (χ0n) is 10.2. The molecule has 0 aromatic heterocycles. The summed E-state index contributed by atoms with van der Waals surface area (Å²) in [6.07, 6.45) is 11.7. The van der Waals surface area contributed by atoms with Crippen LogP contribution in [-0.2, 0) is 9.84 Å². The lowest BCUT2D eigenvalue weighted by Gasteiger charge is -2.31. The van der Waals surface area contributed by atoms with Crippen LogP contribution in [-0.4, -0.2) is 13.2 Å². The predicted octanol–water partition coefficient (Wildman–Crippen LogP) is 2.96. The first-order valence-corrected chi connectivity index (χ1v) is 7.52. The van der Waals surface area contributed by atoms with E-state index in [2.05, 4.69) is 5.92 Å². The molecule has 0 aliphatic heterocycles. The van der Waals surface area contributed by atoms with Gasteiger partial charge in [-0.3, -0.25) is 0 Å². The van der Waals surface area contributed by atoms with Crippen LogP contribution in [0, 0.1) is 12.3 Å². The van der Waals surface area contributed by atoms with Gasteiger partial charge in [0.1, 0.15) is 4.75 Å². The van der Waals surface area contributed by atoms with E-state index in [1.165, 1.54) is 0 Å². The number of hydrogen-bond donors (Lipinski definition) is 0. The van der Waals surface area contributed by atoms with Crippen molar-refractivity contribution in [3.05, 3.63) is 42.5 Å². The molecule has 1 aliphatic rings. The smallest absolute Gasteiger partial charge is 0.188 e. The standard InChI is InChI=1S/C15H16O2S/c1-2-11-15(12-7-4-8-13-15)18(16,17)14-9-5-3-6-10-14/h1,3,5-7,9-10,12H,4,8,11,13H2. The molecule has 1 aromatic carbocycles. The summed E-state index contributed by atoms with van der Waals surface area (Å²) < 4.78 is 24.6. The molecule has 1 aliphatic carbocycles. The van der Waals surface area contributed by atoms with Crippen molar-refractivity contribution in [2.45, 2.75) is 35.3 Å². The van der Waals surface area contributed by atoms with E-state index >= 15 is 0 Å². The Bertz CT molecular complexity index is 579. The molecular formula is C15H16O2S. The molecule has 0 saturated carbocycles. The molecular weight excluding hydrogens is 244 g/mol. The van der Waals surface area contributed by atoms with E-state index in [1.807, 2.05) is 12.1 Å². The van der Waals surface area contributed by atoms with Gasteiger partial charge in [-0.2, -0.15) is 0 Å². The summed E-state index contributed by atoms with van der Waals surface area (Å²) in [6, 6.07) is 8.56. The van der Waals surface area contributed by atoms with Gasteiger partial charge in [0.15, 0.2) is 9.84 Å². The van der Waals surface area contributed by atoms with Gasteiger partial charge in [0.2, 0.25) is 0 Å². The molecule has 0 fully saturated rings. The Labute approximate surface area is 109 Å². The summed E-state index contributed by atoms with van der Waals surface area (Å²) in [5.41, 5.74) is 0. The van der Waals surface area contributed by atoms with Gasteiger partial charge in [-0.05, 0) is 31.4 Å². The molecule has 0 N–H and O–H groups in total. The zero-order valence-corrected chi connectivity index (χ0v) is 11.0. The van der Waals surface area contributed by atoms with E-state index in [0.29, 0.717) is 11.3 Å². The summed E-state index contributed by atoms with van der Waals surface area (Å²) in [4.78, 5) is 0.354. The Morgan fingerprint density at radius 3 is 2.56 bits per heavy atom. The summed E-state index contributed by atoms with van der Waals surface area (Å²) in [5.74, 6) is 2.52. The second kappa shape index (κ2) is 4.99. The fraction of sp³-hybridized carbons (Fsp3) is 0.333. The second-order valence-corrected chi connectivity index (χ2v) is 6.85. The van der Waals surface area contributed by atoms with Crippen molar-refractivity contribution in [1.29, 1.82) is 0 Å². The zero-order chi connectivity index (χ0) is 13.1. The van der Waals surface area contributed by atoms with Gasteiger partial charge in [0, 0.05) is 6.42 Å². The molecule has 0 radical (unpaired) electrons. The number of sulfone groups is 1. The molecule has 1 unspecified atom stereocenters. The van der Waals surface area contributed by atoms with Crippen molar-refractivity contribution >= 4 is 9.84 Å². The quantitative estimate of drug-likeness (QED) is 0.618. The maximum atomic E-state index is 12.8. The minimum absolute atomic E-state index is 0.237. The molecule has 0 heterocycles. The van der Waals surface area contributed by atoms with E-state index in [1.54, 1.807) is 30.3 Å². The molecule has 2 nitrogen and oxygen atoms in total. The van der Waals surface area contributed by atoms with Gasteiger partial charge in [0.25, 0.3) is 0 Å². The lowest BCUT2D eigenvalue weighted by atomic mass is 9.92. The minimum Gasteiger partial charge on any atom is -0.223 e. The Hall–Kier alpha value is -1.53. The highest BCUT2D eigenvalue weighted by atomic mass is 32.2. The molecule has 0 bridgehead atoms. The SMILES string of the molecule is C#CCC1(S(=O)(=O)c2ccccc2)C=CCCC1. The molecule has 0 saturated heterocycles. The van der Waals surface area contributed by atoms with Crippen LogP contribution < -0.4 is 0 Å². The van der Waals surface area contributed by atoms with Crippen molar-refractivity contribution in [2.24, 2.45) is 0 Å². The largest absolute Gasteiger partial charge is 0.223 e. The maximum Gasteiger partial charge on any atom is 0.188 e.